The minimum atomic E-state index is -1.01. The van der Waals surface area contributed by atoms with Crippen molar-refractivity contribution < 1.29 is 19.4 Å². The molecule has 0 bridgehead atoms. The number of ether oxygens (including phenoxy) is 2. The highest BCUT2D eigenvalue weighted by molar-refractivity contribution is 5.87. The zero-order valence-electron chi connectivity index (χ0n) is 14.2. The molecule has 2 heterocycles. The van der Waals surface area contributed by atoms with E-state index in [-0.39, 0.29) is 11.8 Å². The van der Waals surface area contributed by atoms with Crippen molar-refractivity contribution in [3.63, 3.8) is 0 Å². The van der Waals surface area contributed by atoms with E-state index in [9.17, 15) is 9.90 Å². The summed E-state index contributed by atoms with van der Waals surface area (Å²) < 4.78 is 13.2. The molecule has 0 amide bonds. The maximum absolute atomic E-state index is 11.3. The van der Waals surface area contributed by atoms with Gasteiger partial charge in [0.2, 0.25) is 0 Å². The molecule has 0 radical (unpaired) electrons. The zero-order chi connectivity index (χ0) is 17.8. The van der Waals surface area contributed by atoms with Gasteiger partial charge in [-0.2, -0.15) is 0 Å². The van der Waals surface area contributed by atoms with Crippen molar-refractivity contribution in [3.8, 4) is 11.5 Å². The molecule has 130 valence electrons. The third-order valence-corrected chi connectivity index (χ3v) is 3.84. The van der Waals surface area contributed by atoms with E-state index in [1.54, 1.807) is 18.5 Å². The lowest BCUT2D eigenvalue weighted by molar-refractivity contribution is 0.0688. The highest BCUT2D eigenvalue weighted by Gasteiger charge is 2.15. The zero-order valence-corrected chi connectivity index (χ0v) is 14.2. The molecule has 0 fully saturated rings. The average Bonchev–Trinajstić information content (AvgIpc) is 3.10. The maximum atomic E-state index is 11.3. The van der Waals surface area contributed by atoms with Crippen molar-refractivity contribution in [2.75, 3.05) is 6.61 Å². The molecule has 1 aromatic carbocycles. The van der Waals surface area contributed by atoms with Crippen LogP contribution in [0.2, 0.25) is 0 Å². The normalized spacial score (nSPS) is 12.1. The number of carboxylic acids is 1. The van der Waals surface area contributed by atoms with E-state index >= 15 is 0 Å². The summed E-state index contributed by atoms with van der Waals surface area (Å²) in [7, 11) is 0. The number of carboxylic acid groups (broad SMARTS) is 1. The molecule has 1 atom stereocenters. The van der Waals surface area contributed by atoms with E-state index in [1.807, 2.05) is 31.2 Å². The standard InChI is InChI=1S/C19H20N2O4/c1-3-11-24-15-6-4-5-14(12-15)13(2)25-17-8-7-16(19(22)23)21-10-9-20-18(17)21/h4-10,12-13H,3,11H2,1-2H3,(H,22,23). The first-order chi connectivity index (χ1) is 12.1. The fraction of sp³-hybridized carbons (Fsp3) is 0.263. The van der Waals surface area contributed by atoms with Gasteiger partial charge in [-0.15, -0.1) is 0 Å². The maximum Gasteiger partial charge on any atom is 0.352 e. The molecule has 2 aromatic heterocycles. The van der Waals surface area contributed by atoms with E-state index in [0.29, 0.717) is 18.0 Å². The molecule has 0 aliphatic carbocycles. The molecule has 6 nitrogen and oxygen atoms in total. The van der Waals surface area contributed by atoms with Crippen LogP contribution in [0.25, 0.3) is 5.65 Å². The number of benzene rings is 1. The van der Waals surface area contributed by atoms with Gasteiger partial charge in [0.05, 0.1) is 6.61 Å². The Bertz CT molecular complexity index is 888. The van der Waals surface area contributed by atoms with Crippen molar-refractivity contribution >= 4 is 11.6 Å². The largest absolute Gasteiger partial charge is 0.494 e. The number of imidazole rings is 1. The molecular weight excluding hydrogens is 320 g/mol. The van der Waals surface area contributed by atoms with Crippen LogP contribution in [0.15, 0.2) is 48.8 Å². The molecule has 25 heavy (non-hydrogen) atoms. The summed E-state index contributed by atoms with van der Waals surface area (Å²) in [6.45, 7) is 4.67. The van der Waals surface area contributed by atoms with Crippen molar-refractivity contribution in [1.82, 2.24) is 9.38 Å². The second kappa shape index (κ2) is 7.25. The number of aromatic carboxylic acids is 1. The molecule has 1 unspecified atom stereocenters. The summed E-state index contributed by atoms with van der Waals surface area (Å²) in [6, 6.07) is 10.9. The van der Waals surface area contributed by atoms with Crippen LogP contribution in [0.1, 0.15) is 42.4 Å². The van der Waals surface area contributed by atoms with Gasteiger partial charge in [0.25, 0.3) is 0 Å². The second-order valence-corrected chi connectivity index (χ2v) is 5.69. The fourth-order valence-corrected chi connectivity index (χ4v) is 2.59. The van der Waals surface area contributed by atoms with E-state index in [0.717, 1.165) is 17.7 Å². The Morgan fingerprint density at radius 3 is 2.92 bits per heavy atom. The summed E-state index contributed by atoms with van der Waals surface area (Å²) >= 11 is 0. The van der Waals surface area contributed by atoms with E-state index in [2.05, 4.69) is 11.9 Å². The van der Waals surface area contributed by atoms with Gasteiger partial charge < -0.3 is 14.6 Å². The smallest absolute Gasteiger partial charge is 0.352 e. The van der Waals surface area contributed by atoms with Gasteiger partial charge in [0.15, 0.2) is 11.4 Å². The Kier molecular flexibility index (Phi) is 4.88. The van der Waals surface area contributed by atoms with Crippen LogP contribution in [0.4, 0.5) is 0 Å². The third kappa shape index (κ3) is 3.57. The monoisotopic (exact) mass is 340 g/mol. The number of hydrogen-bond donors (Lipinski definition) is 1. The second-order valence-electron chi connectivity index (χ2n) is 5.69. The molecule has 0 aliphatic rings. The Morgan fingerprint density at radius 2 is 2.16 bits per heavy atom. The minimum Gasteiger partial charge on any atom is -0.494 e. The van der Waals surface area contributed by atoms with Crippen LogP contribution in [0.3, 0.4) is 0 Å². The Hall–Kier alpha value is -3.02. The van der Waals surface area contributed by atoms with Crippen LogP contribution in [0.5, 0.6) is 11.5 Å². The summed E-state index contributed by atoms with van der Waals surface area (Å²) in [5.41, 5.74) is 1.59. The number of hydrogen-bond acceptors (Lipinski definition) is 4. The van der Waals surface area contributed by atoms with Crippen molar-refractivity contribution in [2.45, 2.75) is 26.4 Å². The lowest BCUT2D eigenvalue weighted by Crippen LogP contribution is -2.08. The molecular formula is C19H20N2O4. The molecule has 0 aliphatic heterocycles. The number of fused-ring (bicyclic) bond motifs is 1. The summed E-state index contributed by atoms with van der Waals surface area (Å²) in [5.74, 6) is 0.327. The number of rotatable bonds is 7. The molecule has 3 aromatic rings. The van der Waals surface area contributed by atoms with Gasteiger partial charge in [0.1, 0.15) is 17.5 Å². The molecule has 0 spiro atoms. The SMILES string of the molecule is CCCOc1cccc(C(C)Oc2ccc(C(=O)O)n3ccnc23)c1. The number of carbonyl (C=O) groups is 1. The molecule has 3 rings (SSSR count). The van der Waals surface area contributed by atoms with Gasteiger partial charge in [-0.05, 0) is 43.2 Å². The predicted octanol–water partition coefficient (Wildman–Crippen LogP) is 3.96. The van der Waals surface area contributed by atoms with Crippen LogP contribution in [0, 0.1) is 0 Å². The van der Waals surface area contributed by atoms with Crippen LogP contribution < -0.4 is 9.47 Å². The van der Waals surface area contributed by atoms with Crippen LogP contribution in [-0.2, 0) is 0 Å². The predicted molar refractivity (Wildman–Crippen MR) is 93.4 cm³/mol. The first-order valence-electron chi connectivity index (χ1n) is 8.19. The van der Waals surface area contributed by atoms with E-state index in [1.165, 1.54) is 10.5 Å². The highest BCUT2D eigenvalue weighted by Crippen LogP contribution is 2.28. The fourth-order valence-electron chi connectivity index (χ4n) is 2.59. The molecule has 1 N–H and O–H groups in total. The highest BCUT2D eigenvalue weighted by atomic mass is 16.5. The van der Waals surface area contributed by atoms with Crippen molar-refractivity contribution in [1.29, 1.82) is 0 Å². The number of nitrogens with zero attached hydrogens (tertiary/aromatic N) is 2. The summed E-state index contributed by atoms with van der Waals surface area (Å²) in [4.78, 5) is 15.5. The third-order valence-electron chi connectivity index (χ3n) is 3.84. The molecule has 0 saturated carbocycles. The van der Waals surface area contributed by atoms with Crippen molar-refractivity contribution in [2.24, 2.45) is 0 Å². The number of aromatic nitrogens is 2. The summed E-state index contributed by atoms with van der Waals surface area (Å²) in [5, 5.41) is 9.25. The topological polar surface area (TPSA) is 73.1 Å². The van der Waals surface area contributed by atoms with Gasteiger partial charge in [-0.3, -0.25) is 4.40 Å². The van der Waals surface area contributed by atoms with Gasteiger partial charge in [0, 0.05) is 12.4 Å². The minimum absolute atomic E-state index is 0.141. The number of pyridine rings is 1. The van der Waals surface area contributed by atoms with Gasteiger partial charge >= 0.3 is 5.97 Å². The van der Waals surface area contributed by atoms with E-state index < -0.39 is 5.97 Å². The van der Waals surface area contributed by atoms with Gasteiger partial charge in [-0.25, -0.2) is 9.78 Å². The lowest BCUT2D eigenvalue weighted by Gasteiger charge is -2.17. The van der Waals surface area contributed by atoms with Crippen LogP contribution in [-0.4, -0.2) is 27.1 Å². The first-order valence-corrected chi connectivity index (χ1v) is 8.19. The van der Waals surface area contributed by atoms with Crippen molar-refractivity contribution in [3.05, 3.63) is 60.0 Å². The van der Waals surface area contributed by atoms with Gasteiger partial charge in [-0.1, -0.05) is 19.1 Å². The average molecular weight is 340 g/mol. The van der Waals surface area contributed by atoms with E-state index in [4.69, 9.17) is 9.47 Å². The molecule has 0 saturated heterocycles. The Morgan fingerprint density at radius 1 is 1.32 bits per heavy atom. The first kappa shape index (κ1) is 16.8. The quantitative estimate of drug-likeness (QED) is 0.705. The lowest BCUT2D eigenvalue weighted by atomic mass is 10.1. The molecule has 6 heteroatoms. The van der Waals surface area contributed by atoms with Crippen LogP contribution >= 0.6 is 0 Å². The Balaban J connectivity index is 1.85. The summed E-state index contributed by atoms with van der Waals surface area (Å²) in [6.07, 6.45) is 3.87. The Labute approximate surface area is 145 Å².